The summed E-state index contributed by atoms with van der Waals surface area (Å²) in [4.78, 5) is 0. The number of hydrogen-bond acceptors (Lipinski definition) is 0. The number of halogens is 2. The summed E-state index contributed by atoms with van der Waals surface area (Å²) in [6, 6.07) is 26.7. The zero-order valence-electron chi connectivity index (χ0n) is 22.1. The Balaban J connectivity index is 0.00000168. The van der Waals surface area contributed by atoms with Crippen molar-refractivity contribution in [2.24, 2.45) is 0 Å². The van der Waals surface area contributed by atoms with Crippen LogP contribution in [0.4, 0.5) is 0 Å². The van der Waals surface area contributed by atoms with E-state index in [0.29, 0.717) is 0 Å². The fourth-order valence-corrected chi connectivity index (χ4v) is 7.12. The minimum Gasteiger partial charge on any atom is -1.00 e. The van der Waals surface area contributed by atoms with E-state index in [1.165, 1.54) is 105 Å². The number of hydrogen-bond donors (Lipinski definition) is 0. The van der Waals surface area contributed by atoms with Crippen LogP contribution in [0.1, 0.15) is 50.9 Å². The number of benzene rings is 4. The van der Waals surface area contributed by atoms with Gasteiger partial charge in [0.15, 0.2) is 0 Å². The van der Waals surface area contributed by atoms with Gasteiger partial charge < -0.3 is 24.8 Å². The molecule has 0 unspecified atom stereocenters. The first-order chi connectivity index (χ1) is 17.5. The van der Waals surface area contributed by atoms with Crippen LogP contribution < -0.4 is 35.3 Å². The summed E-state index contributed by atoms with van der Waals surface area (Å²) in [6.45, 7) is 9.21. The second kappa shape index (κ2) is 11.4. The molecule has 187 valence electrons. The maximum absolute atomic E-state index is 2.42. The van der Waals surface area contributed by atoms with Gasteiger partial charge in [0, 0.05) is 0 Å². The van der Waals surface area contributed by atoms with E-state index < -0.39 is 0 Å². The van der Waals surface area contributed by atoms with E-state index in [-0.39, 0.29) is 24.8 Å². The fourth-order valence-electron chi connectivity index (χ4n) is 6.02. The third-order valence-electron chi connectivity index (χ3n) is 7.91. The first-order valence-electron chi connectivity index (χ1n) is 12.7. The summed E-state index contributed by atoms with van der Waals surface area (Å²) in [5.41, 5.74) is 13.8. The molecule has 0 nitrogen and oxygen atoms in total. The van der Waals surface area contributed by atoms with E-state index in [1.807, 2.05) is 0 Å². The van der Waals surface area contributed by atoms with Crippen molar-refractivity contribution in [2.75, 3.05) is 0 Å². The molecule has 6 rings (SSSR count). The molecule has 38 heavy (non-hydrogen) atoms. The molecule has 2 aliphatic carbocycles. The Labute approximate surface area is 252 Å². The zero-order chi connectivity index (χ0) is 25.0. The van der Waals surface area contributed by atoms with Crippen LogP contribution in [-0.4, -0.2) is 0 Å². The van der Waals surface area contributed by atoms with Gasteiger partial charge >= 0.3 is 230 Å². The second-order valence-corrected chi connectivity index (χ2v) is 11.3. The molecular formula is C35H29Cl2Zr. The summed E-state index contributed by atoms with van der Waals surface area (Å²) in [5.74, 6) is 0. The van der Waals surface area contributed by atoms with Gasteiger partial charge in [-0.05, 0) is 0 Å². The summed E-state index contributed by atoms with van der Waals surface area (Å²) >= 11 is 1.48. The van der Waals surface area contributed by atoms with Crippen LogP contribution in [0.5, 0.6) is 0 Å². The van der Waals surface area contributed by atoms with Crippen LogP contribution >= 0.6 is 0 Å². The Morgan fingerprint density at radius 2 is 1.29 bits per heavy atom. The summed E-state index contributed by atoms with van der Waals surface area (Å²) in [6.07, 6.45) is 7.84. The molecule has 0 atom stereocenters. The van der Waals surface area contributed by atoms with E-state index in [4.69, 9.17) is 0 Å². The summed E-state index contributed by atoms with van der Waals surface area (Å²) in [7, 11) is 0. The predicted molar refractivity (Wildman–Crippen MR) is 147 cm³/mol. The van der Waals surface area contributed by atoms with Gasteiger partial charge in [0.05, 0.1) is 0 Å². The Kier molecular flexibility index (Phi) is 8.53. The molecule has 0 N–H and O–H groups in total. The van der Waals surface area contributed by atoms with Crippen molar-refractivity contribution in [1.29, 1.82) is 0 Å². The van der Waals surface area contributed by atoms with Gasteiger partial charge in [0.25, 0.3) is 0 Å². The van der Waals surface area contributed by atoms with E-state index >= 15 is 0 Å². The van der Waals surface area contributed by atoms with Crippen LogP contribution in [0, 0.1) is 38.1 Å². The SMILES string of the molecule is Cc1cc2c(c(=C(c3ccccc3)c3ccccc3)c1)=c1c(C)c(C)c(C)c(C3=CC=CC3)c1=[C]2[Zr+2].[Cl-].[Cl-]. The van der Waals surface area contributed by atoms with Crippen molar-refractivity contribution in [3.8, 4) is 0 Å². The molecule has 3 heteroatoms. The Bertz CT molecular complexity index is 1790. The average molecular weight is 612 g/mol. The van der Waals surface area contributed by atoms with Crippen molar-refractivity contribution in [3.63, 3.8) is 0 Å². The molecule has 0 heterocycles. The van der Waals surface area contributed by atoms with Crippen molar-refractivity contribution in [3.05, 3.63) is 156 Å². The van der Waals surface area contributed by atoms with Gasteiger partial charge in [-0.25, -0.2) is 0 Å². The molecule has 0 aliphatic heterocycles. The molecule has 0 spiro atoms. The quantitative estimate of drug-likeness (QED) is 0.322. The Morgan fingerprint density at radius 3 is 1.84 bits per heavy atom. The molecule has 0 radical (unpaired) electrons. The number of allylic oxidation sites excluding steroid dienone is 4. The zero-order valence-corrected chi connectivity index (χ0v) is 26.1. The van der Waals surface area contributed by atoms with Gasteiger partial charge in [-0.15, -0.1) is 0 Å². The third-order valence-corrected chi connectivity index (χ3v) is 9.19. The van der Waals surface area contributed by atoms with E-state index in [0.717, 1.165) is 6.42 Å². The molecule has 2 aliphatic rings. The molecule has 0 fully saturated rings. The second-order valence-electron chi connectivity index (χ2n) is 10.0. The maximum Gasteiger partial charge on any atom is -1.00 e. The normalized spacial score (nSPS) is 12.9. The van der Waals surface area contributed by atoms with Crippen molar-refractivity contribution < 1.29 is 49.5 Å². The standard InChI is InChI=1S/C35H29.2ClH.Zr/c1-22-19-29-21-31-32(26-17-11-12-18-26)24(3)23(2)25(4)33(31)35(29)30(20-22)34(27-13-7-5-8-14-27)28-15-9-6-10-16-28;;;/h5-17,19-20H,18H2,1-4H3;2*1H;/q;;;+2/p-2. The topological polar surface area (TPSA) is 0 Å². The molecule has 0 bridgehead atoms. The molecular weight excluding hydrogens is 583 g/mol. The Hall–Kier alpha value is -2.44. The van der Waals surface area contributed by atoms with Crippen LogP contribution in [-0.2, 0) is 24.7 Å². The Morgan fingerprint density at radius 1 is 0.684 bits per heavy atom. The molecule has 4 aromatic rings. The number of fused-ring (bicyclic) bond motifs is 2. The molecule has 4 aromatic carbocycles. The number of rotatable bonds is 3. The first-order valence-corrected chi connectivity index (χ1v) is 13.9. The average Bonchev–Trinajstić information content (AvgIpc) is 3.52. The van der Waals surface area contributed by atoms with Gasteiger partial charge in [-0.3, -0.25) is 0 Å². The molecule has 0 saturated carbocycles. The van der Waals surface area contributed by atoms with E-state index in [2.05, 4.69) is 119 Å². The van der Waals surface area contributed by atoms with Crippen molar-refractivity contribution >= 4 is 14.4 Å². The van der Waals surface area contributed by atoms with Crippen LogP contribution in [0.15, 0.2) is 91.0 Å². The van der Waals surface area contributed by atoms with Crippen molar-refractivity contribution in [1.82, 2.24) is 0 Å². The van der Waals surface area contributed by atoms with Gasteiger partial charge in [0.2, 0.25) is 0 Å². The van der Waals surface area contributed by atoms with Crippen LogP contribution in [0.25, 0.3) is 14.4 Å². The molecule has 0 aromatic heterocycles. The van der Waals surface area contributed by atoms with Gasteiger partial charge in [0.1, 0.15) is 0 Å². The monoisotopic (exact) mass is 609 g/mol. The third kappa shape index (κ3) is 4.54. The van der Waals surface area contributed by atoms with E-state index in [1.54, 1.807) is 0 Å². The van der Waals surface area contributed by atoms with E-state index in [9.17, 15) is 0 Å². The maximum atomic E-state index is 2.42. The van der Waals surface area contributed by atoms with Gasteiger partial charge in [-0.1, -0.05) is 0 Å². The summed E-state index contributed by atoms with van der Waals surface area (Å²) < 4.78 is 1.49. The largest absolute Gasteiger partial charge is 1.00 e. The molecule has 0 amide bonds. The fraction of sp³-hybridized carbons (Fsp3) is 0.143. The minimum absolute atomic E-state index is 0. The minimum atomic E-state index is 0. The number of aryl methyl sites for hydroxylation is 1. The first kappa shape index (κ1) is 28.6. The van der Waals surface area contributed by atoms with Gasteiger partial charge in [-0.2, -0.15) is 0 Å². The summed E-state index contributed by atoms with van der Waals surface area (Å²) in [5, 5.41) is 5.68. The van der Waals surface area contributed by atoms with Crippen LogP contribution in [0.3, 0.4) is 0 Å². The predicted octanol–water partition coefficient (Wildman–Crippen LogP) is 0.823. The smallest absolute Gasteiger partial charge is 1.00 e. The van der Waals surface area contributed by atoms with Crippen molar-refractivity contribution in [2.45, 2.75) is 34.1 Å². The molecule has 0 saturated heterocycles. The van der Waals surface area contributed by atoms with Crippen LogP contribution in [0.2, 0.25) is 0 Å².